The molecule has 8 heteroatoms. The van der Waals surface area contributed by atoms with Crippen molar-refractivity contribution in [3.63, 3.8) is 0 Å². The van der Waals surface area contributed by atoms with Gasteiger partial charge in [0.2, 0.25) is 0 Å². The molecule has 2 aliphatic rings. The minimum Gasteiger partial charge on any atom is -0.462 e. The van der Waals surface area contributed by atoms with E-state index >= 15 is 0 Å². The fraction of sp³-hybridized carbons (Fsp3) is 0.346. The van der Waals surface area contributed by atoms with Crippen LogP contribution in [0.1, 0.15) is 46.9 Å². The molecule has 3 heterocycles. The van der Waals surface area contributed by atoms with Crippen LogP contribution in [-0.2, 0) is 16.6 Å². The largest absolute Gasteiger partial charge is 0.462 e. The molecule has 0 bridgehead atoms. The van der Waals surface area contributed by atoms with Crippen molar-refractivity contribution in [1.29, 1.82) is 5.26 Å². The fourth-order valence-electron chi connectivity index (χ4n) is 5.65. The van der Waals surface area contributed by atoms with Gasteiger partial charge in [-0.05, 0) is 49.9 Å². The Morgan fingerprint density at radius 2 is 2.15 bits per heavy atom. The number of nitro benzene ring substituents is 1. The Labute approximate surface area is 196 Å². The molecule has 2 unspecified atom stereocenters. The third-order valence-corrected chi connectivity index (χ3v) is 7.13. The van der Waals surface area contributed by atoms with Crippen LogP contribution in [0.25, 0.3) is 10.9 Å². The second kappa shape index (κ2) is 8.10. The average Bonchev–Trinajstić information content (AvgIpc) is 3.34. The first kappa shape index (κ1) is 21.8. The molecule has 1 saturated heterocycles. The molecule has 2 aromatic carbocycles. The third kappa shape index (κ3) is 3.11. The number of non-ortho nitro benzene ring substituents is 1. The highest BCUT2D eigenvalue weighted by atomic mass is 16.6. The zero-order valence-electron chi connectivity index (χ0n) is 19.1. The molecule has 0 amide bonds. The predicted octanol–water partition coefficient (Wildman–Crippen LogP) is 4.61. The molecule has 5 rings (SSSR count). The number of esters is 1. The first-order chi connectivity index (χ1) is 16.4. The van der Waals surface area contributed by atoms with E-state index in [9.17, 15) is 20.2 Å². The topological polar surface area (TPSA) is 109 Å². The molecule has 0 aliphatic carbocycles. The van der Waals surface area contributed by atoms with Crippen molar-refractivity contribution in [2.75, 3.05) is 18.1 Å². The Morgan fingerprint density at radius 1 is 1.35 bits per heavy atom. The van der Waals surface area contributed by atoms with Crippen LogP contribution in [0, 0.1) is 28.4 Å². The summed E-state index contributed by atoms with van der Waals surface area (Å²) in [6.45, 7) is 4.55. The van der Waals surface area contributed by atoms with Gasteiger partial charge >= 0.3 is 5.97 Å². The predicted molar refractivity (Wildman–Crippen MR) is 127 cm³/mol. The zero-order chi connectivity index (χ0) is 24.0. The Morgan fingerprint density at radius 3 is 2.88 bits per heavy atom. The van der Waals surface area contributed by atoms with E-state index in [1.54, 1.807) is 19.1 Å². The van der Waals surface area contributed by atoms with Crippen LogP contribution < -0.4 is 4.90 Å². The van der Waals surface area contributed by atoms with Gasteiger partial charge in [-0.2, -0.15) is 5.26 Å². The normalized spacial score (nSPS) is 21.0. The first-order valence-corrected chi connectivity index (χ1v) is 11.4. The van der Waals surface area contributed by atoms with E-state index < -0.39 is 16.3 Å². The number of ether oxygens (including phenoxy) is 1. The fourth-order valence-corrected chi connectivity index (χ4v) is 5.65. The third-order valence-electron chi connectivity index (χ3n) is 7.13. The Balaban J connectivity index is 1.81. The number of aryl methyl sites for hydroxylation is 1. The molecule has 8 nitrogen and oxygen atoms in total. The maximum atomic E-state index is 13.2. The molecule has 0 spiro atoms. The lowest BCUT2D eigenvalue weighted by molar-refractivity contribution is -0.384. The van der Waals surface area contributed by atoms with Gasteiger partial charge in [-0.3, -0.25) is 15.1 Å². The van der Waals surface area contributed by atoms with Crippen molar-refractivity contribution in [3.05, 3.63) is 75.0 Å². The molecular formula is C26H24N4O4. The second-order valence-corrected chi connectivity index (χ2v) is 8.88. The molecule has 3 aromatic rings. The van der Waals surface area contributed by atoms with E-state index in [0.717, 1.165) is 41.6 Å². The van der Waals surface area contributed by atoms with Crippen molar-refractivity contribution >= 4 is 28.2 Å². The van der Waals surface area contributed by atoms with E-state index in [1.807, 2.05) is 31.2 Å². The van der Waals surface area contributed by atoms with Gasteiger partial charge < -0.3 is 9.64 Å². The number of para-hydroxylation sites is 1. The maximum Gasteiger partial charge on any atom is 0.340 e. The highest BCUT2D eigenvalue weighted by molar-refractivity contribution is 5.99. The summed E-state index contributed by atoms with van der Waals surface area (Å²) in [7, 11) is 0. The van der Waals surface area contributed by atoms with Gasteiger partial charge in [-0.25, -0.2) is 4.79 Å². The van der Waals surface area contributed by atoms with Gasteiger partial charge in [-0.15, -0.1) is 0 Å². The Bertz CT molecular complexity index is 1380. The van der Waals surface area contributed by atoms with Gasteiger partial charge in [0.15, 0.2) is 0 Å². The minimum atomic E-state index is -1.16. The lowest BCUT2D eigenvalue weighted by atomic mass is 9.68. The summed E-state index contributed by atoms with van der Waals surface area (Å²) in [4.78, 5) is 31.4. The number of fused-ring (bicyclic) bond motifs is 4. The van der Waals surface area contributed by atoms with Crippen LogP contribution >= 0.6 is 0 Å². The number of nitrogens with zero attached hydrogens (tertiary/aromatic N) is 4. The number of hydrogen-bond donors (Lipinski definition) is 0. The first-order valence-electron chi connectivity index (χ1n) is 11.4. The molecule has 2 atom stereocenters. The lowest BCUT2D eigenvalue weighted by Gasteiger charge is -2.45. The zero-order valence-corrected chi connectivity index (χ0v) is 19.1. The van der Waals surface area contributed by atoms with Crippen molar-refractivity contribution < 1.29 is 14.5 Å². The van der Waals surface area contributed by atoms with E-state index in [0.29, 0.717) is 16.8 Å². The lowest BCUT2D eigenvalue weighted by Crippen LogP contribution is -2.53. The maximum absolute atomic E-state index is 13.2. The highest BCUT2D eigenvalue weighted by Crippen LogP contribution is 2.49. The summed E-state index contributed by atoms with van der Waals surface area (Å²) in [5, 5.41) is 23.0. The van der Waals surface area contributed by atoms with Gasteiger partial charge in [0.25, 0.3) is 5.69 Å². The Kier molecular flexibility index (Phi) is 5.20. The number of benzene rings is 2. The number of nitro groups is 1. The van der Waals surface area contributed by atoms with Crippen LogP contribution in [0.3, 0.4) is 0 Å². The van der Waals surface area contributed by atoms with Gasteiger partial charge in [0, 0.05) is 36.2 Å². The SMILES string of the molecule is CCOC(=O)c1c(C2(C#N)Cc3cc([N+](=O)[O-])ccc3N3CCCC32)nc2ccccc2c1C. The van der Waals surface area contributed by atoms with Gasteiger partial charge in [0.05, 0.1) is 40.4 Å². The van der Waals surface area contributed by atoms with E-state index in [4.69, 9.17) is 9.72 Å². The van der Waals surface area contributed by atoms with Gasteiger partial charge in [-0.1, -0.05) is 18.2 Å². The van der Waals surface area contributed by atoms with Crippen molar-refractivity contribution in [2.24, 2.45) is 0 Å². The highest BCUT2D eigenvalue weighted by Gasteiger charge is 2.53. The molecule has 172 valence electrons. The smallest absolute Gasteiger partial charge is 0.340 e. The number of pyridine rings is 1. The summed E-state index contributed by atoms with van der Waals surface area (Å²) in [6, 6.07) is 14.7. The minimum absolute atomic E-state index is 0.0171. The van der Waals surface area contributed by atoms with Crippen LogP contribution in [0.15, 0.2) is 42.5 Å². The molecule has 1 fully saturated rings. The summed E-state index contributed by atoms with van der Waals surface area (Å²) in [6.07, 6.45) is 1.88. The number of rotatable bonds is 4. The Hall–Kier alpha value is -3.99. The molecule has 0 radical (unpaired) electrons. The van der Waals surface area contributed by atoms with E-state index in [-0.39, 0.29) is 24.8 Å². The molecule has 1 aromatic heterocycles. The van der Waals surface area contributed by atoms with Crippen molar-refractivity contribution in [3.8, 4) is 6.07 Å². The second-order valence-electron chi connectivity index (χ2n) is 8.88. The molecule has 0 N–H and O–H groups in total. The van der Waals surface area contributed by atoms with Crippen LogP contribution in [0.4, 0.5) is 11.4 Å². The number of anilines is 1. The average molecular weight is 457 g/mol. The summed E-state index contributed by atoms with van der Waals surface area (Å²) in [5.74, 6) is -0.503. The quantitative estimate of drug-likeness (QED) is 0.320. The van der Waals surface area contributed by atoms with Gasteiger partial charge in [0.1, 0.15) is 5.41 Å². The number of nitriles is 1. The standard InChI is InChI=1S/C26H24N4O4/c1-3-34-25(31)23-16(2)19-7-4-5-8-20(19)28-24(23)26(15-27)14-17-13-18(30(32)33)10-11-21(17)29-12-6-9-22(26)29/h4-5,7-8,10-11,13,22H,3,6,9,12,14H2,1-2H3. The number of carbonyl (C=O) groups excluding carboxylic acids is 1. The monoisotopic (exact) mass is 456 g/mol. The number of hydrogen-bond acceptors (Lipinski definition) is 7. The van der Waals surface area contributed by atoms with Crippen LogP contribution in [0.5, 0.6) is 0 Å². The summed E-state index contributed by atoms with van der Waals surface area (Å²) >= 11 is 0. The van der Waals surface area contributed by atoms with E-state index in [2.05, 4.69) is 11.0 Å². The molecule has 0 saturated carbocycles. The van der Waals surface area contributed by atoms with Crippen LogP contribution in [0.2, 0.25) is 0 Å². The number of carbonyl (C=O) groups is 1. The molecular weight excluding hydrogens is 432 g/mol. The van der Waals surface area contributed by atoms with Crippen LogP contribution in [-0.4, -0.2) is 35.1 Å². The summed E-state index contributed by atoms with van der Waals surface area (Å²) < 4.78 is 5.42. The molecule has 34 heavy (non-hydrogen) atoms. The number of aromatic nitrogens is 1. The van der Waals surface area contributed by atoms with Crippen molar-refractivity contribution in [2.45, 2.75) is 44.6 Å². The van der Waals surface area contributed by atoms with E-state index in [1.165, 1.54) is 6.07 Å². The summed E-state index contributed by atoms with van der Waals surface area (Å²) in [5.41, 5.74) is 2.61. The molecule has 2 aliphatic heterocycles. The van der Waals surface area contributed by atoms with Crippen molar-refractivity contribution in [1.82, 2.24) is 4.98 Å².